The van der Waals surface area contributed by atoms with Gasteiger partial charge in [0.15, 0.2) is 0 Å². The van der Waals surface area contributed by atoms with E-state index in [0.29, 0.717) is 0 Å². The van der Waals surface area contributed by atoms with Crippen LogP contribution in [0.4, 0.5) is 0 Å². The molecule has 1 aromatic carbocycles. The van der Waals surface area contributed by atoms with Crippen LogP contribution >= 0.6 is 0 Å². The molecule has 2 heteroatoms. The van der Waals surface area contributed by atoms with Crippen molar-refractivity contribution in [2.45, 2.75) is 18.9 Å². The molecule has 0 spiro atoms. The fourth-order valence-electron chi connectivity index (χ4n) is 1.17. The number of aliphatic hydroxyl groups excluding tert-OH is 1. The first-order valence-electron chi connectivity index (χ1n) is 4.66. The van der Waals surface area contributed by atoms with Gasteiger partial charge in [-0.05, 0) is 12.8 Å². The van der Waals surface area contributed by atoms with Gasteiger partial charge in [-0.2, -0.15) is 0 Å². The highest BCUT2D eigenvalue weighted by atomic mass is 16.5. The molecule has 1 atom stereocenters. The Balaban J connectivity index is 0.000000132. The highest BCUT2D eigenvalue weighted by Crippen LogP contribution is 2.09. The van der Waals surface area contributed by atoms with Gasteiger partial charge in [-0.25, -0.2) is 0 Å². The molecule has 1 aliphatic heterocycles. The van der Waals surface area contributed by atoms with Crippen LogP contribution in [0.2, 0.25) is 0 Å². The average molecular weight is 180 g/mol. The van der Waals surface area contributed by atoms with Crippen LogP contribution in [0.3, 0.4) is 0 Å². The van der Waals surface area contributed by atoms with Crippen molar-refractivity contribution in [3.05, 3.63) is 36.4 Å². The number of ether oxygens (including phenoxy) is 1. The van der Waals surface area contributed by atoms with Gasteiger partial charge >= 0.3 is 0 Å². The van der Waals surface area contributed by atoms with Crippen molar-refractivity contribution in [3.8, 4) is 0 Å². The molecule has 2 nitrogen and oxygen atoms in total. The van der Waals surface area contributed by atoms with Crippen LogP contribution in [-0.4, -0.2) is 24.4 Å². The first-order chi connectivity index (χ1) is 6.43. The summed E-state index contributed by atoms with van der Waals surface area (Å²) in [6, 6.07) is 12.0. The molecule has 72 valence electrons. The zero-order chi connectivity index (χ0) is 9.36. The molecule has 1 aromatic rings. The molecule has 0 saturated carbocycles. The number of hydrogen-bond acceptors (Lipinski definition) is 2. The minimum absolute atomic E-state index is 0.153. The monoisotopic (exact) mass is 180 g/mol. The van der Waals surface area contributed by atoms with E-state index in [2.05, 4.69) is 0 Å². The summed E-state index contributed by atoms with van der Waals surface area (Å²) in [4.78, 5) is 0. The Morgan fingerprint density at radius 3 is 1.85 bits per heavy atom. The predicted molar refractivity (Wildman–Crippen MR) is 52.5 cm³/mol. The van der Waals surface area contributed by atoms with Crippen molar-refractivity contribution in [3.63, 3.8) is 0 Å². The van der Waals surface area contributed by atoms with E-state index in [1.54, 1.807) is 0 Å². The van der Waals surface area contributed by atoms with Crippen LogP contribution in [-0.2, 0) is 4.74 Å². The van der Waals surface area contributed by atoms with Gasteiger partial charge in [0, 0.05) is 6.61 Å². The fourth-order valence-corrected chi connectivity index (χ4v) is 1.17. The van der Waals surface area contributed by atoms with Gasteiger partial charge in [-0.3, -0.25) is 0 Å². The standard InChI is InChI=1S/C6H6.C5H10O2/c1-2-4-6-5-3-1;6-4-5-2-1-3-7-5/h1-6H;5-6H,1-4H2. The maximum Gasteiger partial charge on any atom is 0.0806 e. The molecular formula is C11H16O2. The number of hydrogen-bond donors (Lipinski definition) is 1. The van der Waals surface area contributed by atoms with Crippen molar-refractivity contribution in [2.75, 3.05) is 13.2 Å². The third kappa shape index (κ3) is 4.65. The quantitative estimate of drug-likeness (QED) is 0.714. The van der Waals surface area contributed by atoms with E-state index >= 15 is 0 Å². The summed E-state index contributed by atoms with van der Waals surface area (Å²) >= 11 is 0. The molecule has 0 radical (unpaired) electrons. The predicted octanol–water partition coefficient (Wildman–Crippen LogP) is 1.84. The lowest BCUT2D eigenvalue weighted by Crippen LogP contribution is -2.09. The number of rotatable bonds is 1. The third-order valence-electron chi connectivity index (χ3n) is 1.89. The zero-order valence-electron chi connectivity index (χ0n) is 7.73. The molecule has 1 fully saturated rings. The highest BCUT2D eigenvalue weighted by molar-refractivity contribution is 4.99. The second-order valence-electron chi connectivity index (χ2n) is 2.97. The Kier molecular flexibility index (Phi) is 5.22. The lowest BCUT2D eigenvalue weighted by atomic mass is 10.2. The van der Waals surface area contributed by atoms with E-state index in [-0.39, 0.29) is 12.7 Å². The first kappa shape index (κ1) is 10.2. The van der Waals surface area contributed by atoms with E-state index in [1.807, 2.05) is 36.4 Å². The Morgan fingerprint density at radius 2 is 1.62 bits per heavy atom. The van der Waals surface area contributed by atoms with Crippen LogP contribution in [0.5, 0.6) is 0 Å². The van der Waals surface area contributed by atoms with E-state index in [9.17, 15) is 0 Å². The molecule has 13 heavy (non-hydrogen) atoms. The maximum atomic E-state index is 8.44. The summed E-state index contributed by atoms with van der Waals surface area (Å²) < 4.78 is 5.05. The van der Waals surface area contributed by atoms with E-state index < -0.39 is 0 Å². The molecule has 0 aliphatic carbocycles. The summed E-state index contributed by atoms with van der Waals surface area (Å²) in [5.74, 6) is 0. The summed E-state index contributed by atoms with van der Waals surface area (Å²) in [5, 5.41) is 8.44. The van der Waals surface area contributed by atoms with Crippen LogP contribution in [0.25, 0.3) is 0 Å². The lowest BCUT2D eigenvalue weighted by Gasteiger charge is -2.00. The lowest BCUT2D eigenvalue weighted by molar-refractivity contribution is 0.0591. The summed E-state index contributed by atoms with van der Waals surface area (Å²) in [5.41, 5.74) is 0. The van der Waals surface area contributed by atoms with Crippen molar-refractivity contribution in [1.82, 2.24) is 0 Å². The maximum absolute atomic E-state index is 8.44. The molecule has 0 bridgehead atoms. The van der Waals surface area contributed by atoms with E-state index in [1.165, 1.54) is 0 Å². The summed E-state index contributed by atoms with van der Waals surface area (Å²) in [6.45, 7) is 1.03. The Morgan fingerprint density at radius 1 is 1.08 bits per heavy atom. The molecule has 0 aromatic heterocycles. The molecular weight excluding hydrogens is 164 g/mol. The van der Waals surface area contributed by atoms with E-state index in [4.69, 9.17) is 9.84 Å². The highest BCUT2D eigenvalue weighted by Gasteiger charge is 2.12. The second kappa shape index (κ2) is 6.63. The number of aliphatic hydroxyl groups is 1. The van der Waals surface area contributed by atoms with Crippen molar-refractivity contribution >= 4 is 0 Å². The normalized spacial score (nSPS) is 20.5. The molecule has 1 heterocycles. The minimum atomic E-state index is 0.153. The average Bonchev–Trinajstić information content (AvgIpc) is 2.74. The molecule has 1 unspecified atom stereocenters. The van der Waals surface area contributed by atoms with Crippen LogP contribution in [0, 0.1) is 0 Å². The Labute approximate surface area is 79.2 Å². The Bertz CT molecular complexity index is 166. The minimum Gasteiger partial charge on any atom is -0.394 e. The van der Waals surface area contributed by atoms with Crippen LogP contribution in [0.15, 0.2) is 36.4 Å². The van der Waals surface area contributed by atoms with Crippen molar-refractivity contribution in [2.24, 2.45) is 0 Å². The van der Waals surface area contributed by atoms with Gasteiger partial charge in [-0.1, -0.05) is 36.4 Å². The van der Waals surface area contributed by atoms with E-state index in [0.717, 1.165) is 19.4 Å². The molecule has 2 rings (SSSR count). The van der Waals surface area contributed by atoms with Gasteiger partial charge < -0.3 is 9.84 Å². The fraction of sp³-hybridized carbons (Fsp3) is 0.455. The van der Waals surface area contributed by atoms with Crippen molar-refractivity contribution in [1.29, 1.82) is 0 Å². The van der Waals surface area contributed by atoms with Gasteiger partial charge in [0.1, 0.15) is 0 Å². The van der Waals surface area contributed by atoms with Gasteiger partial charge in [0.2, 0.25) is 0 Å². The third-order valence-corrected chi connectivity index (χ3v) is 1.89. The van der Waals surface area contributed by atoms with Crippen LogP contribution in [0.1, 0.15) is 12.8 Å². The molecule has 0 amide bonds. The van der Waals surface area contributed by atoms with Gasteiger partial charge in [0.05, 0.1) is 12.7 Å². The topological polar surface area (TPSA) is 29.5 Å². The number of benzene rings is 1. The Hall–Kier alpha value is -0.860. The molecule has 1 N–H and O–H groups in total. The summed E-state index contributed by atoms with van der Waals surface area (Å²) in [7, 11) is 0. The summed E-state index contributed by atoms with van der Waals surface area (Å²) in [6.07, 6.45) is 2.31. The van der Waals surface area contributed by atoms with Gasteiger partial charge in [-0.15, -0.1) is 0 Å². The molecule has 1 saturated heterocycles. The largest absolute Gasteiger partial charge is 0.394 e. The second-order valence-corrected chi connectivity index (χ2v) is 2.97. The van der Waals surface area contributed by atoms with Crippen LogP contribution < -0.4 is 0 Å². The zero-order valence-corrected chi connectivity index (χ0v) is 7.73. The van der Waals surface area contributed by atoms with Gasteiger partial charge in [0.25, 0.3) is 0 Å². The molecule has 1 aliphatic rings. The van der Waals surface area contributed by atoms with Crippen molar-refractivity contribution < 1.29 is 9.84 Å². The first-order valence-corrected chi connectivity index (χ1v) is 4.66. The smallest absolute Gasteiger partial charge is 0.0806 e. The SMILES string of the molecule is OCC1CCCO1.c1ccccc1.